The Kier molecular flexibility index (Phi) is 4.79. The molecule has 1 fully saturated rings. The quantitative estimate of drug-likeness (QED) is 0.377. The van der Waals surface area contributed by atoms with E-state index in [1.807, 2.05) is 42.5 Å². The number of benzene rings is 3. The lowest BCUT2D eigenvalue weighted by atomic mass is 9.62. The Bertz CT molecular complexity index is 1660. The molecule has 1 N–H and O–H groups in total. The first-order valence-corrected chi connectivity index (χ1v) is 12.4. The maximum atomic E-state index is 15.1. The van der Waals surface area contributed by atoms with E-state index >= 15 is 4.39 Å². The van der Waals surface area contributed by atoms with E-state index in [2.05, 4.69) is 5.32 Å². The molecule has 1 amide bonds. The number of nitrogens with zero attached hydrogens (tertiary/aromatic N) is 1. The van der Waals surface area contributed by atoms with Crippen LogP contribution >= 0.6 is 0 Å². The molecule has 1 saturated heterocycles. The maximum Gasteiger partial charge on any atom is 0.238 e. The van der Waals surface area contributed by atoms with E-state index in [-0.39, 0.29) is 11.3 Å². The van der Waals surface area contributed by atoms with Crippen LogP contribution in [0.4, 0.5) is 10.1 Å². The van der Waals surface area contributed by atoms with E-state index in [9.17, 15) is 14.4 Å². The lowest BCUT2D eigenvalue weighted by molar-refractivity contribution is -0.122. The first-order chi connectivity index (χ1) is 18.5. The molecule has 3 aromatic carbocycles. The van der Waals surface area contributed by atoms with Crippen molar-refractivity contribution >= 4 is 29.2 Å². The Morgan fingerprint density at radius 1 is 0.895 bits per heavy atom. The van der Waals surface area contributed by atoms with Crippen LogP contribution < -0.4 is 5.32 Å². The highest BCUT2D eigenvalue weighted by Gasteiger charge is 2.71. The van der Waals surface area contributed by atoms with Crippen molar-refractivity contribution in [2.75, 3.05) is 5.32 Å². The highest BCUT2D eigenvalue weighted by Crippen LogP contribution is 2.62. The standard InChI is InChI=1S/C31H21FN2O4/c32-22-12-5-3-10-20(22)27(35)25-26(28(36)24-14-7-17-38-24)34-16-15-18-8-1-2-9-19(18)29(34)31(25)21-11-4-6-13-23(21)33-30(31)37/h1-17,25-26,29H,(H,33,37)/t25-,26+,29-,31-/m1/s1. The predicted octanol–water partition coefficient (Wildman–Crippen LogP) is 5.40. The number of furan rings is 1. The average molecular weight is 505 g/mol. The molecule has 1 spiro atoms. The Hall–Kier alpha value is -4.78. The normalized spacial score (nSPS) is 24.6. The summed E-state index contributed by atoms with van der Waals surface area (Å²) in [6.07, 6.45) is 5.03. The second kappa shape index (κ2) is 8.11. The molecule has 6 nitrogen and oxygen atoms in total. The third-order valence-electron chi connectivity index (χ3n) is 8.02. The topological polar surface area (TPSA) is 79.6 Å². The fraction of sp³-hybridized carbons (Fsp3) is 0.129. The minimum absolute atomic E-state index is 0.0658. The van der Waals surface area contributed by atoms with Gasteiger partial charge < -0.3 is 14.6 Å². The molecule has 0 saturated carbocycles. The summed E-state index contributed by atoms with van der Waals surface area (Å²) in [7, 11) is 0. The van der Waals surface area contributed by atoms with Gasteiger partial charge >= 0.3 is 0 Å². The molecule has 7 rings (SSSR count). The van der Waals surface area contributed by atoms with Crippen LogP contribution in [-0.2, 0) is 10.2 Å². The summed E-state index contributed by atoms with van der Waals surface area (Å²) in [4.78, 5) is 44.6. The van der Waals surface area contributed by atoms with Gasteiger partial charge in [-0.15, -0.1) is 0 Å². The van der Waals surface area contributed by atoms with Gasteiger partial charge in [0, 0.05) is 11.9 Å². The zero-order valence-electron chi connectivity index (χ0n) is 20.0. The smallest absolute Gasteiger partial charge is 0.238 e. The van der Waals surface area contributed by atoms with Gasteiger partial charge in [0.1, 0.15) is 17.3 Å². The number of nitrogens with one attached hydrogen (secondary N) is 1. The number of hydrogen-bond acceptors (Lipinski definition) is 5. The van der Waals surface area contributed by atoms with Crippen LogP contribution in [0.3, 0.4) is 0 Å². The van der Waals surface area contributed by atoms with Gasteiger partial charge in [0.25, 0.3) is 0 Å². The molecular formula is C31H21FN2O4. The van der Waals surface area contributed by atoms with Gasteiger partial charge in [-0.1, -0.05) is 54.6 Å². The Labute approximate surface area is 217 Å². The van der Waals surface area contributed by atoms with E-state index < -0.39 is 46.7 Å². The molecule has 0 aliphatic carbocycles. The highest BCUT2D eigenvalue weighted by atomic mass is 19.1. The number of rotatable bonds is 4. The molecule has 4 aromatic rings. The Morgan fingerprint density at radius 2 is 1.66 bits per heavy atom. The molecule has 0 radical (unpaired) electrons. The number of fused-ring (bicyclic) bond motifs is 6. The lowest BCUT2D eigenvalue weighted by Gasteiger charge is -2.38. The van der Waals surface area contributed by atoms with E-state index in [0.717, 1.165) is 11.1 Å². The number of halogens is 1. The number of anilines is 1. The zero-order chi connectivity index (χ0) is 26.0. The lowest BCUT2D eigenvalue weighted by Crippen LogP contribution is -2.49. The van der Waals surface area contributed by atoms with Crippen molar-refractivity contribution in [3.05, 3.63) is 131 Å². The minimum atomic E-state index is -1.51. The summed E-state index contributed by atoms with van der Waals surface area (Å²) >= 11 is 0. The van der Waals surface area contributed by atoms with E-state index in [1.54, 1.807) is 35.4 Å². The van der Waals surface area contributed by atoms with Gasteiger partial charge in [0.2, 0.25) is 11.7 Å². The Morgan fingerprint density at radius 3 is 2.47 bits per heavy atom. The molecular weight excluding hydrogens is 483 g/mol. The molecule has 186 valence electrons. The number of hydrogen-bond donors (Lipinski definition) is 1. The monoisotopic (exact) mass is 504 g/mol. The van der Waals surface area contributed by atoms with Crippen LogP contribution in [-0.4, -0.2) is 28.4 Å². The van der Waals surface area contributed by atoms with Crippen LogP contribution in [0.25, 0.3) is 6.08 Å². The van der Waals surface area contributed by atoms with Crippen LogP contribution in [0.1, 0.15) is 43.6 Å². The molecule has 38 heavy (non-hydrogen) atoms. The molecule has 4 heterocycles. The first-order valence-electron chi connectivity index (χ1n) is 12.4. The highest BCUT2D eigenvalue weighted by molar-refractivity contribution is 6.16. The van der Waals surface area contributed by atoms with Gasteiger partial charge in [-0.2, -0.15) is 0 Å². The third kappa shape index (κ3) is 2.84. The van der Waals surface area contributed by atoms with Crippen LogP contribution in [0.15, 0.2) is 102 Å². The average Bonchev–Trinajstić information content (AvgIpc) is 3.65. The van der Waals surface area contributed by atoms with Crippen molar-refractivity contribution in [1.82, 2.24) is 4.90 Å². The number of carbonyl (C=O) groups excluding carboxylic acids is 3. The van der Waals surface area contributed by atoms with Crippen LogP contribution in [0, 0.1) is 11.7 Å². The second-order valence-electron chi connectivity index (χ2n) is 9.77. The molecule has 0 bridgehead atoms. The van der Waals surface area contributed by atoms with Crippen molar-refractivity contribution in [2.24, 2.45) is 5.92 Å². The van der Waals surface area contributed by atoms with Crippen molar-refractivity contribution in [2.45, 2.75) is 17.5 Å². The number of para-hydroxylation sites is 1. The zero-order valence-corrected chi connectivity index (χ0v) is 20.0. The fourth-order valence-electron chi connectivity index (χ4n) is 6.56. The van der Waals surface area contributed by atoms with Crippen LogP contribution in [0.2, 0.25) is 0 Å². The minimum Gasteiger partial charge on any atom is -0.461 e. The maximum absolute atomic E-state index is 15.1. The van der Waals surface area contributed by atoms with Gasteiger partial charge in [0.05, 0.1) is 23.8 Å². The third-order valence-corrected chi connectivity index (χ3v) is 8.02. The van der Waals surface area contributed by atoms with Crippen molar-refractivity contribution in [3.63, 3.8) is 0 Å². The summed E-state index contributed by atoms with van der Waals surface area (Å²) in [5.41, 5.74) is 1.19. The van der Waals surface area contributed by atoms with Crippen molar-refractivity contribution in [3.8, 4) is 0 Å². The summed E-state index contributed by atoms with van der Waals surface area (Å²) < 4.78 is 20.6. The SMILES string of the molecule is O=C(c1ccco1)[C@@H]1[C@H](C(=O)c2ccccc2F)[C@@]2(C(=O)Nc3ccccc32)[C@H]2c3ccccc3C=CN12. The molecule has 1 aromatic heterocycles. The number of amides is 1. The second-order valence-corrected chi connectivity index (χ2v) is 9.77. The molecule has 0 unspecified atom stereocenters. The van der Waals surface area contributed by atoms with E-state index in [1.165, 1.54) is 30.5 Å². The predicted molar refractivity (Wildman–Crippen MR) is 138 cm³/mol. The van der Waals surface area contributed by atoms with E-state index in [4.69, 9.17) is 4.42 Å². The molecule has 3 aliphatic heterocycles. The van der Waals surface area contributed by atoms with Crippen LogP contribution in [0.5, 0.6) is 0 Å². The number of Topliss-reactive ketones (excluding diaryl/α,β-unsaturated/α-hetero) is 2. The van der Waals surface area contributed by atoms with Crippen molar-refractivity contribution in [1.29, 1.82) is 0 Å². The first kappa shape index (κ1) is 22.4. The van der Waals surface area contributed by atoms with Crippen molar-refractivity contribution < 1.29 is 23.2 Å². The van der Waals surface area contributed by atoms with Gasteiger partial charge in [-0.3, -0.25) is 14.4 Å². The van der Waals surface area contributed by atoms with Gasteiger partial charge in [-0.05, 0) is 53.1 Å². The van der Waals surface area contributed by atoms with Gasteiger partial charge in [0.15, 0.2) is 11.5 Å². The molecule has 7 heteroatoms. The number of carbonyl (C=O) groups is 3. The van der Waals surface area contributed by atoms with Gasteiger partial charge in [-0.25, -0.2) is 4.39 Å². The summed E-state index contributed by atoms with van der Waals surface area (Å²) in [6.45, 7) is 0. The largest absolute Gasteiger partial charge is 0.461 e. The molecule has 4 atom stereocenters. The number of ketones is 2. The van der Waals surface area contributed by atoms with E-state index in [0.29, 0.717) is 11.3 Å². The summed E-state index contributed by atoms with van der Waals surface area (Å²) in [6, 6.07) is 21.8. The Balaban J connectivity index is 1.56. The fourth-order valence-corrected chi connectivity index (χ4v) is 6.56. The summed E-state index contributed by atoms with van der Waals surface area (Å²) in [5, 5.41) is 2.97. The molecule has 3 aliphatic rings. The summed E-state index contributed by atoms with van der Waals surface area (Å²) in [5.74, 6) is -3.35.